The van der Waals surface area contributed by atoms with E-state index in [1.807, 2.05) is 0 Å². The number of fused-ring (bicyclic) bond motifs is 5. The summed E-state index contributed by atoms with van der Waals surface area (Å²) in [4.78, 5) is 12.7. The van der Waals surface area contributed by atoms with E-state index in [4.69, 9.17) is 42.6 Å². The van der Waals surface area contributed by atoms with Gasteiger partial charge in [-0.05, 0) is 68.1 Å². The zero-order valence-electron chi connectivity index (χ0n) is 40.7. The summed E-state index contributed by atoms with van der Waals surface area (Å²) in [5.74, 6) is -0.330. The van der Waals surface area contributed by atoms with Gasteiger partial charge in [0.25, 0.3) is 0 Å². The van der Waals surface area contributed by atoms with Crippen LogP contribution in [0.5, 0.6) is 0 Å². The molecule has 9 aliphatic rings. The lowest BCUT2D eigenvalue weighted by atomic mass is 9.42. The van der Waals surface area contributed by atoms with Crippen LogP contribution in [0.1, 0.15) is 85.5 Å². The van der Waals surface area contributed by atoms with Gasteiger partial charge in [0.2, 0.25) is 0 Å². The summed E-state index contributed by atoms with van der Waals surface area (Å²) < 4.78 is 53.3. The molecule has 2 saturated carbocycles. The third kappa shape index (κ3) is 8.31. The summed E-state index contributed by atoms with van der Waals surface area (Å²) in [6.45, 7) is 4.53. The molecule has 0 radical (unpaired) electrons. The minimum Gasteiger partial charge on any atom is -0.458 e. The average Bonchev–Trinajstić information content (AvgIpc) is 3.91. The highest BCUT2D eigenvalue weighted by molar-refractivity contribution is 5.73. The van der Waals surface area contributed by atoms with Gasteiger partial charge in [-0.3, -0.25) is 4.79 Å². The minimum absolute atomic E-state index is 0.0928. The van der Waals surface area contributed by atoms with Crippen molar-refractivity contribution >= 4 is 5.97 Å². The van der Waals surface area contributed by atoms with Crippen molar-refractivity contribution in [3.05, 3.63) is 11.1 Å². The molecular formula is C48H76O23. The molecule has 406 valence electrons. The highest BCUT2D eigenvalue weighted by atomic mass is 16.8. The third-order valence-electron chi connectivity index (χ3n) is 19.4. The van der Waals surface area contributed by atoms with E-state index in [2.05, 4.69) is 27.7 Å². The van der Waals surface area contributed by atoms with Crippen LogP contribution in [0.15, 0.2) is 11.1 Å². The molecule has 0 aromatic rings. The molecule has 0 aromatic heterocycles. The maximum Gasteiger partial charge on any atom is 0.306 e. The third-order valence-corrected chi connectivity index (χ3v) is 19.4. The lowest BCUT2D eigenvalue weighted by molar-refractivity contribution is -0.378. The predicted octanol–water partition coefficient (Wildman–Crippen LogP) is -3.68. The maximum absolute atomic E-state index is 12.7. The van der Waals surface area contributed by atoms with E-state index in [-0.39, 0.29) is 28.6 Å². The van der Waals surface area contributed by atoms with Crippen molar-refractivity contribution in [2.75, 3.05) is 46.2 Å². The summed E-state index contributed by atoms with van der Waals surface area (Å²) in [5, 5.41) is 141. The molecule has 1 spiro atoms. The van der Waals surface area contributed by atoms with E-state index in [1.54, 1.807) is 0 Å². The molecule has 24 atom stereocenters. The number of hydrogen-bond acceptors (Lipinski definition) is 23. The monoisotopic (exact) mass is 1020 g/mol. The molecule has 23 heteroatoms. The van der Waals surface area contributed by atoms with Crippen molar-refractivity contribution < 1.29 is 114 Å². The molecule has 0 aromatic carbocycles. The summed E-state index contributed by atoms with van der Waals surface area (Å²) >= 11 is 0. The van der Waals surface area contributed by atoms with Gasteiger partial charge in [-0.25, -0.2) is 0 Å². The van der Waals surface area contributed by atoms with Crippen molar-refractivity contribution in [3.8, 4) is 0 Å². The van der Waals surface area contributed by atoms with Gasteiger partial charge < -0.3 is 109 Å². The Morgan fingerprint density at radius 3 is 1.99 bits per heavy atom. The molecule has 71 heavy (non-hydrogen) atoms. The Bertz CT molecular complexity index is 1960. The number of aliphatic hydroxyl groups excluding tert-OH is 12. The fourth-order valence-electron chi connectivity index (χ4n) is 14.8. The lowest BCUT2D eigenvalue weighted by Crippen LogP contribution is -2.65. The molecule has 4 aliphatic carbocycles. The first kappa shape index (κ1) is 54.2. The fraction of sp³-hybridized carbons (Fsp3) is 0.938. The number of aliphatic hydroxyl groups is 13. The van der Waals surface area contributed by atoms with Crippen molar-refractivity contribution in [1.29, 1.82) is 0 Å². The van der Waals surface area contributed by atoms with Crippen LogP contribution in [0.2, 0.25) is 0 Å². The van der Waals surface area contributed by atoms with Crippen LogP contribution in [-0.2, 0) is 47.4 Å². The maximum atomic E-state index is 12.7. The summed E-state index contributed by atoms with van der Waals surface area (Å²) in [6.07, 6.45) is -22.6. The Balaban J connectivity index is 0.904. The van der Waals surface area contributed by atoms with Gasteiger partial charge in [0, 0.05) is 16.7 Å². The van der Waals surface area contributed by atoms with Crippen LogP contribution in [0.25, 0.3) is 0 Å². The van der Waals surface area contributed by atoms with Gasteiger partial charge in [0.1, 0.15) is 84.4 Å². The Hall–Kier alpha value is -1.63. The lowest BCUT2D eigenvalue weighted by Gasteiger charge is -2.63. The quantitative estimate of drug-likeness (QED) is 0.0624. The van der Waals surface area contributed by atoms with Crippen LogP contribution in [0, 0.1) is 33.5 Å². The van der Waals surface area contributed by atoms with Crippen LogP contribution < -0.4 is 0 Å². The van der Waals surface area contributed by atoms with E-state index in [0.29, 0.717) is 32.1 Å². The van der Waals surface area contributed by atoms with Crippen LogP contribution >= 0.6 is 0 Å². The molecule has 13 N–H and O–H groups in total. The highest BCUT2D eigenvalue weighted by Gasteiger charge is 2.73. The second-order valence-electron chi connectivity index (χ2n) is 22.7. The molecule has 7 fully saturated rings. The number of rotatable bonds is 13. The Kier molecular flexibility index (Phi) is 15.1. The summed E-state index contributed by atoms with van der Waals surface area (Å²) in [7, 11) is 0. The second-order valence-corrected chi connectivity index (χ2v) is 22.7. The van der Waals surface area contributed by atoms with Crippen molar-refractivity contribution in [2.24, 2.45) is 33.5 Å². The van der Waals surface area contributed by atoms with E-state index in [1.165, 1.54) is 11.1 Å². The SMILES string of the molecule is C[C@H]1CC(=O)O[C@@]12CC[C@@]1(C)C3=C(CC[C@@]12C)[C@@]1(C)CC[C@H](O[C@@H]2O[C@H](CO[C@@H]4OC[C@H](O)[C@H](O)[C@H]4O[C@@H]4O[C@H](CO)[C@@H](O)[C@H](O)[C@H]4O[C@@H]4OC[C@](O)(CO)[C@H]4O)[C@@H](O)[C@H](O)[C@H]2O)C(CO)(CO)[C@@H]1CC3. The van der Waals surface area contributed by atoms with Crippen molar-refractivity contribution in [1.82, 2.24) is 0 Å². The number of carbonyl (C=O) groups is 1. The van der Waals surface area contributed by atoms with E-state index < -0.39 is 173 Å². The number of carbonyl (C=O) groups excluding carboxylic acids is 1. The molecule has 5 heterocycles. The van der Waals surface area contributed by atoms with Crippen molar-refractivity contribution in [2.45, 2.75) is 201 Å². The highest BCUT2D eigenvalue weighted by Crippen LogP contribution is 2.75. The number of allylic oxidation sites excluding steroid dienone is 2. The molecule has 5 aliphatic heterocycles. The van der Waals surface area contributed by atoms with Gasteiger partial charge in [-0.15, -0.1) is 0 Å². The molecule has 0 amide bonds. The molecule has 9 rings (SSSR count). The summed E-state index contributed by atoms with van der Waals surface area (Å²) in [6, 6.07) is 0. The molecule has 0 bridgehead atoms. The summed E-state index contributed by atoms with van der Waals surface area (Å²) in [5.41, 5.74) is -2.18. The van der Waals surface area contributed by atoms with Crippen molar-refractivity contribution in [3.63, 3.8) is 0 Å². The second kappa shape index (κ2) is 19.7. The zero-order valence-corrected chi connectivity index (χ0v) is 40.7. The molecular weight excluding hydrogens is 945 g/mol. The topological polar surface area (TPSA) is 363 Å². The standard InChI is InChI=1S/C48H76O23/c1-21-13-29(54)71-48(21)12-11-44(3)23-5-6-27-43(2,22(23)7-10-45(44,48)4)9-8-28(46(27,17-50)18-51)68-39-35(60)33(58)32(57)26(67-39)16-64-40-36(30(55)24(53)15-63-40)69-41-37(34(59)31(56)25(14-49)66-41)70-42-38(61)47(62,19-52)20-65-42/h21,24-28,30-42,49-53,55-62H,5-20H2,1-4H3/t21-,24-,25+,26+,27+,28-,30-,31+,32+,33-,34-,35+,36+,37+,38-,39-,40-,41-,42-,43+,44-,45-,47+,48-/m0/s1. The number of hydrogen-bond donors (Lipinski definition) is 13. The zero-order chi connectivity index (χ0) is 51.4. The number of ether oxygens (including phenoxy) is 9. The first-order valence-electron chi connectivity index (χ1n) is 25.2. The van der Waals surface area contributed by atoms with E-state index >= 15 is 0 Å². The Morgan fingerprint density at radius 2 is 1.34 bits per heavy atom. The van der Waals surface area contributed by atoms with Gasteiger partial charge in [0.15, 0.2) is 25.2 Å². The number of esters is 1. The van der Waals surface area contributed by atoms with E-state index in [0.717, 1.165) is 25.7 Å². The Labute approximate surface area is 411 Å². The van der Waals surface area contributed by atoms with Gasteiger partial charge in [0.05, 0.1) is 58.8 Å². The van der Waals surface area contributed by atoms with Crippen LogP contribution in [-0.4, -0.2) is 234 Å². The largest absolute Gasteiger partial charge is 0.458 e. The van der Waals surface area contributed by atoms with Gasteiger partial charge in [-0.1, -0.05) is 38.8 Å². The fourth-order valence-corrected chi connectivity index (χ4v) is 14.8. The predicted molar refractivity (Wildman–Crippen MR) is 236 cm³/mol. The Morgan fingerprint density at radius 1 is 0.662 bits per heavy atom. The van der Waals surface area contributed by atoms with Crippen LogP contribution in [0.4, 0.5) is 0 Å². The van der Waals surface area contributed by atoms with Crippen LogP contribution in [0.3, 0.4) is 0 Å². The molecule has 0 unspecified atom stereocenters. The average molecular weight is 1020 g/mol. The van der Waals surface area contributed by atoms with Gasteiger partial charge >= 0.3 is 5.97 Å². The first-order chi connectivity index (χ1) is 33.5. The molecule has 23 nitrogen and oxygen atoms in total. The van der Waals surface area contributed by atoms with E-state index in [9.17, 15) is 71.2 Å². The minimum atomic E-state index is -2.15. The van der Waals surface area contributed by atoms with Gasteiger partial charge in [-0.2, -0.15) is 0 Å². The smallest absolute Gasteiger partial charge is 0.306 e. The first-order valence-corrected chi connectivity index (χ1v) is 25.2. The normalized spacial score (nSPS) is 52.9. The molecule has 5 saturated heterocycles.